The summed E-state index contributed by atoms with van der Waals surface area (Å²) >= 11 is 0. The molecule has 0 spiro atoms. The SMILES string of the molecule is Cc1noc(CCCNC(=O)Cn2cc(C(F)(F)F)ccc2=O)n1. The van der Waals surface area contributed by atoms with E-state index in [2.05, 4.69) is 15.5 Å². The van der Waals surface area contributed by atoms with Crippen LogP contribution in [0.1, 0.15) is 23.7 Å². The zero-order valence-corrected chi connectivity index (χ0v) is 12.8. The molecule has 0 aliphatic heterocycles. The number of nitrogens with zero attached hydrogens (tertiary/aromatic N) is 3. The van der Waals surface area contributed by atoms with E-state index in [1.807, 2.05) is 0 Å². The molecule has 0 bridgehead atoms. The molecule has 0 unspecified atom stereocenters. The Morgan fingerprint density at radius 1 is 1.38 bits per heavy atom. The summed E-state index contributed by atoms with van der Waals surface area (Å²) < 4.78 is 43.5. The van der Waals surface area contributed by atoms with Gasteiger partial charge in [0.25, 0.3) is 5.56 Å². The Labute approximate surface area is 134 Å². The average Bonchev–Trinajstić information content (AvgIpc) is 2.90. The molecule has 2 aromatic heterocycles. The Kier molecular flexibility index (Phi) is 5.37. The predicted molar refractivity (Wildman–Crippen MR) is 76.1 cm³/mol. The minimum atomic E-state index is -4.58. The number of carbonyl (C=O) groups is 1. The lowest BCUT2D eigenvalue weighted by Gasteiger charge is -2.10. The van der Waals surface area contributed by atoms with Crippen LogP contribution in [0.25, 0.3) is 0 Å². The molecule has 0 aliphatic carbocycles. The standard InChI is InChI=1S/C14H15F3N4O3/c1-9-19-12(24-20-9)3-2-6-18-11(22)8-21-7-10(14(15,16)17)4-5-13(21)23/h4-5,7H,2-3,6,8H2,1H3,(H,18,22). The molecular weight excluding hydrogens is 329 g/mol. The number of halogens is 3. The van der Waals surface area contributed by atoms with Crippen LogP contribution >= 0.6 is 0 Å². The minimum absolute atomic E-state index is 0.272. The smallest absolute Gasteiger partial charge is 0.355 e. The van der Waals surface area contributed by atoms with Gasteiger partial charge in [-0.2, -0.15) is 18.2 Å². The van der Waals surface area contributed by atoms with E-state index in [1.54, 1.807) is 6.92 Å². The van der Waals surface area contributed by atoms with Crippen molar-refractivity contribution in [2.24, 2.45) is 0 Å². The van der Waals surface area contributed by atoms with Crippen molar-refractivity contribution in [2.75, 3.05) is 6.54 Å². The van der Waals surface area contributed by atoms with Crippen molar-refractivity contribution in [3.8, 4) is 0 Å². The molecule has 10 heteroatoms. The molecule has 24 heavy (non-hydrogen) atoms. The van der Waals surface area contributed by atoms with E-state index in [4.69, 9.17) is 4.52 Å². The van der Waals surface area contributed by atoms with Crippen molar-refractivity contribution < 1.29 is 22.5 Å². The summed E-state index contributed by atoms with van der Waals surface area (Å²) in [6, 6.07) is 1.47. The summed E-state index contributed by atoms with van der Waals surface area (Å²) in [6.07, 6.45) is -2.97. The summed E-state index contributed by atoms with van der Waals surface area (Å²) in [5, 5.41) is 6.14. The number of carbonyl (C=O) groups excluding carboxylic acids is 1. The second kappa shape index (κ2) is 7.28. The monoisotopic (exact) mass is 344 g/mol. The maximum absolute atomic E-state index is 12.6. The fraction of sp³-hybridized carbons (Fsp3) is 0.429. The van der Waals surface area contributed by atoms with Gasteiger partial charge in [-0.3, -0.25) is 9.59 Å². The Bertz CT molecular complexity index is 767. The van der Waals surface area contributed by atoms with Crippen LogP contribution in [-0.2, 0) is 23.9 Å². The number of amides is 1. The Morgan fingerprint density at radius 3 is 2.75 bits per heavy atom. The number of pyridine rings is 1. The lowest BCUT2D eigenvalue weighted by atomic mass is 10.2. The number of alkyl halides is 3. The van der Waals surface area contributed by atoms with E-state index in [0.29, 0.717) is 36.8 Å². The largest absolute Gasteiger partial charge is 0.417 e. The lowest BCUT2D eigenvalue weighted by Crippen LogP contribution is -2.33. The number of aromatic nitrogens is 3. The van der Waals surface area contributed by atoms with Crippen LogP contribution < -0.4 is 10.9 Å². The van der Waals surface area contributed by atoms with Crippen molar-refractivity contribution in [1.82, 2.24) is 20.0 Å². The first kappa shape index (κ1) is 17.7. The Morgan fingerprint density at radius 2 is 2.12 bits per heavy atom. The van der Waals surface area contributed by atoms with Gasteiger partial charge in [-0.05, 0) is 19.4 Å². The molecule has 0 aliphatic rings. The average molecular weight is 344 g/mol. The highest BCUT2D eigenvalue weighted by atomic mass is 19.4. The molecule has 130 valence electrons. The van der Waals surface area contributed by atoms with Crippen molar-refractivity contribution in [2.45, 2.75) is 32.5 Å². The van der Waals surface area contributed by atoms with Gasteiger partial charge in [-0.25, -0.2) is 0 Å². The fourth-order valence-corrected chi connectivity index (χ4v) is 1.94. The lowest BCUT2D eigenvalue weighted by molar-refractivity contribution is -0.138. The van der Waals surface area contributed by atoms with E-state index in [1.165, 1.54) is 0 Å². The molecule has 0 saturated heterocycles. The van der Waals surface area contributed by atoms with Gasteiger partial charge >= 0.3 is 6.18 Å². The third kappa shape index (κ3) is 4.93. The van der Waals surface area contributed by atoms with Gasteiger partial charge in [-0.1, -0.05) is 5.16 Å². The Hall–Kier alpha value is -2.65. The molecule has 1 N–H and O–H groups in total. The Balaban J connectivity index is 1.85. The van der Waals surface area contributed by atoms with Crippen molar-refractivity contribution in [3.63, 3.8) is 0 Å². The maximum atomic E-state index is 12.6. The number of hydrogen-bond donors (Lipinski definition) is 1. The maximum Gasteiger partial charge on any atom is 0.417 e. The van der Waals surface area contributed by atoms with Gasteiger partial charge in [0.05, 0.1) is 5.56 Å². The van der Waals surface area contributed by atoms with Crippen LogP contribution in [0, 0.1) is 6.92 Å². The van der Waals surface area contributed by atoms with Crippen LogP contribution in [-0.4, -0.2) is 27.2 Å². The van der Waals surface area contributed by atoms with Gasteiger partial charge in [0, 0.05) is 25.2 Å². The van der Waals surface area contributed by atoms with Crippen LogP contribution in [0.15, 0.2) is 27.6 Å². The van der Waals surface area contributed by atoms with Crippen molar-refractivity contribution in [1.29, 1.82) is 0 Å². The zero-order valence-electron chi connectivity index (χ0n) is 12.8. The van der Waals surface area contributed by atoms with Gasteiger partial charge < -0.3 is 14.4 Å². The third-order valence-electron chi connectivity index (χ3n) is 3.08. The molecule has 2 heterocycles. The van der Waals surface area contributed by atoms with Gasteiger partial charge in [0.15, 0.2) is 5.82 Å². The van der Waals surface area contributed by atoms with Gasteiger partial charge in [0.1, 0.15) is 6.54 Å². The number of hydrogen-bond acceptors (Lipinski definition) is 5. The van der Waals surface area contributed by atoms with Crippen molar-refractivity contribution in [3.05, 3.63) is 46.0 Å². The van der Waals surface area contributed by atoms with E-state index in [0.717, 1.165) is 10.6 Å². The summed E-state index contributed by atoms with van der Waals surface area (Å²) in [5.74, 6) is 0.395. The molecule has 0 atom stereocenters. The highest BCUT2D eigenvalue weighted by Gasteiger charge is 2.31. The summed E-state index contributed by atoms with van der Waals surface area (Å²) in [6.45, 7) is 1.47. The van der Waals surface area contributed by atoms with Gasteiger partial charge in [-0.15, -0.1) is 0 Å². The van der Waals surface area contributed by atoms with E-state index in [9.17, 15) is 22.8 Å². The highest BCUT2D eigenvalue weighted by Crippen LogP contribution is 2.27. The first-order valence-corrected chi connectivity index (χ1v) is 7.09. The molecule has 7 nitrogen and oxygen atoms in total. The molecule has 0 fully saturated rings. The normalized spacial score (nSPS) is 11.5. The zero-order chi connectivity index (χ0) is 17.7. The molecular formula is C14H15F3N4O3. The molecule has 0 aromatic carbocycles. The van der Waals surface area contributed by atoms with Crippen LogP contribution in [0.4, 0.5) is 13.2 Å². The first-order chi connectivity index (χ1) is 11.3. The van der Waals surface area contributed by atoms with E-state index >= 15 is 0 Å². The quantitative estimate of drug-likeness (QED) is 0.798. The molecule has 2 rings (SSSR count). The second-order valence-corrected chi connectivity index (χ2v) is 5.07. The minimum Gasteiger partial charge on any atom is -0.355 e. The summed E-state index contributed by atoms with van der Waals surface area (Å²) in [5.41, 5.74) is -1.67. The van der Waals surface area contributed by atoms with Crippen LogP contribution in [0.3, 0.4) is 0 Å². The topological polar surface area (TPSA) is 90.0 Å². The summed E-state index contributed by atoms with van der Waals surface area (Å²) in [4.78, 5) is 27.3. The third-order valence-corrected chi connectivity index (χ3v) is 3.08. The van der Waals surface area contributed by atoms with Gasteiger partial charge in [0.2, 0.25) is 11.8 Å². The van der Waals surface area contributed by atoms with Crippen LogP contribution in [0.5, 0.6) is 0 Å². The van der Waals surface area contributed by atoms with Crippen molar-refractivity contribution >= 4 is 5.91 Å². The van der Waals surface area contributed by atoms with E-state index < -0.39 is 29.8 Å². The van der Waals surface area contributed by atoms with Crippen LogP contribution in [0.2, 0.25) is 0 Å². The summed E-state index contributed by atoms with van der Waals surface area (Å²) in [7, 11) is 0. The number of aryl methyl sites for hydroxylation is 2. The highest BCUT2D eigenvalue weighted by molar-refractivity contribution is 5.75. The molecule has 1 amide bonds. The van der Waals surface area contributed by atoms with E-state index in [-0.39, 0.29) is 6.54 Å². The first-order valence-electron chi connectivity index (χ1n) is 7.09. The molecule has 0 radical (unpaired) electrons. The fourth-order valence-electron chi connectivity index (χ4n) is 1.94. The molecule has 2 aromatic rings. The number of rotatable bonds is 6. The molecule has 0 saturated carbocycles. The predicted octanol–water partition coefficient (Wildman–Crippen LogP) is 1.31. The number of nitrogens with one attached hydrogen (secondary N) is 1. The second-order valence-electron chi connectivity index (χ2n) is 5.07.